The first-order valence-electron chi connectivity index (χ1n) is 7.15. The van der Waals surface area contributed by atoms with Gasteiger partial charge in [0, 0.05) is 18.0 Å². The van der Waals surface area contributed by atoms with Crippen LogP contribution < -0.4 is 0 Å². The normalized spacial score (nSPS) is 13.5. The van der Waals surface area contributed by atoms with E-state index in [0.717, 1.165) is 11.6 Å². The molecule has 0 saturated carbocycles. The molecule has 0 unspecified atom stereocenters. The van der Waals surface area contributed by atoms with Gasteiger partial charge in [0.2, 0.25) is 5.89 Å². The zero-order valence-electron chi connectivity index (χ0n) is 13.1. The van der Waals surface area contributed by atoms with Crippen LogP contribution in [0.5, 0.6) is 0 Å². The minimum absolute atomic E-state index is 0.282. The highest BCUT2D eigenvalue weighted by molar-refractivity contribution is 5.58. The molecule has 0 aliphatic heterocycles. The van der Waals surface area contributed by atoms with E-state index in [1.54, 1.807) is 38.4 Å². The molecule has 0 saturated heterocycles. The van der Waals surface area contributed by atoms with E-state index in [2.05, 4.69) is 9.97 Å². The number of allylic oxidation sites excluding steroid dienone is 3. The number of halogens is 3. The molecule has 2 aromatic heterocycles. The Hall–Kier alpha value is -2.37. The number of alkyl halides is 3. The van der Waals surface area contributed by atoms with Crippen LogP contribution in [0.2, 0.25) is 0 Å². The van der Waals surface area contributed by atoms with Crippen molar-refractivity contribution in [2.75, 3.05) is 0 Å². The van der Waals surface area contributed by atoms with E-state index in [1.807, 2.05) is 0 Å². The number of aryl methyl sites for hydroxylation is 1. The maximum Gasteiger partial charge on any atom is 0.416 e. The van der Waals surface area contributed by atoms with Gasteiger partial charge in [0.1, 0.15) is 11.5 Å². The highest BCUT2D eigenvalue weighted by atomic mass is 19.4. The molecule has 0 bridgehead atoms. The number of hydrogen-bond acceptors (Lipinski definition) is 3. The zero-order valence-corrected chi connectivity index (χ0v) is 13.1. The third-order valence-electron chi connectivity index (χ3n) is 3.46. The SMILES string of the molecule is CCC(C)=C(/C=C\c1nc(-c2ccncc2)oc1C)C(F)(F)F. The smallest absolute Gasteiger partial charge is 0.416 e. The monoisotopic (exact) mass is 322 g/mol. The summed E-state index contributed by atoms with van der Waals surface area (Å²) < 4.78 is 44.7. The molecule has 0 fully saturated rings. The number of aromatic nitrogens is 2. The van der Waals surface area contributed by atoms with Gasteiger partial charge in [0.15, 0.2) is 0 Å². The van der Waals surface area contributed by atoms with E-state index in [9.17, 15) is 13.2 Å². The predicted octanol–water partition coefficient (Wildman–Crippen LogP) is 5.35. The molecule has 0 aliphatic rings. The lowest BCUT2D eigenvalue weighted by Gasteiger charge is -2.10. The fraction of sp³-hybridized carbons (Fsp3) is 0.294. The van der Waals surface area contributed by atoms with Crippen molar-refractivity contribution in [1.29, 1.82) is 0 Å². The van der Waals surface area contributed by atoms with E-state index >= 15 is 0 Å². The Labute approximate surface area is 132 Å². The average Bonchev–Trinajstić information content (AvgIpc) is 2.88. The van der Waals surface area contributed by atoms with Gasteiger partial charge in [-0.3, -0.25) is 4.98 Å². The van der Waals surface area contributed by atoms with E-state index in [4.69, 9.17) is 4.42 Å². The molecule has 2 heterocycles. The van der Waals surface area contributed by atoms with Crippen molar-refractivity contribution >= 4 is 6.08 Å². The Morgan fingerprint density at radius 2 is 1.91 bits per heavy atom. The lowest BCUT2D eigenvalue weighted by atomic mass is 10.1. The summed E-state index contributed by atoms with van der Waals surface area (Å²) in [5, 5.41) is 0. The van der Waals surface area contributed by atoms with Crippen LogP contribution in [0.25, 0.3) is 17.5 Å². The first kappa shape index (κ1) is 17.0. The number of oxazole rings is 1. The van der Waals surface area contributed by atoms with E-state index in [1.165, 1.54) is 13.0 Å². The molecule has 0 amide bonds. The van der Waals surface area contributed by atoms with Crippen molar-refractivity contribution in [3.8, 4) is 11.5 Å². The summed E-state index contributed by atoms with van der Waals surface area (Å²) in [5.41, 5.74) is 0.735. The van der Waals surface area contributed by atoms with Crippen LogP contribution in [0, 0.1) is 6.92 Å². The van der Waals surface area contributed by atoms with Crippen LogP contribution in [-0.2, 0) is 0 Å². The summed E-state index contributed by atoms with van der Waals surface area (Å²) in [6.45, 7) is 4.84. The van der Waals surface area contributed by atoms with Gasteiger partial charge in [-0.2, -0.15) is 13.2 Å². The molecule has 0 aromatic carbocycles. The van der Waals surface area contributed by atoms with Gasteiger partial charge in [-0.05, 0) is 44.6 Å². The van der Waals surface area contributed by atoms with Gasteiger partial charge in [-0.1, -0.05) is 12.5 Å². The molecule has 0 N–H and O–H groups in total. The minimum Gasteiger partial charge on any atom is -0.441 e. The molecule has 122 valence electrons. The Kier molecular flexibility index (Phi) is 5.03. The minimum atomic E-state index is -4.39. The van der Waals surface area contributed by atoms with Gasteiger partial charge in [0.05, 0.1) is 5.57 Å². The van der Waals surface area contributed by atoms with Gasteiger partial charge >= 0.3 is 6.18 Å². The van der Waals surface area contributed by atoms with Gasteiger partial charge in [-0.15, -0.1) is 0 Å². The Morgan fingerprint density at radius 1 is 1.26 bits per heavy atom. The summed E-state index contributed by atoms with van der Waals surface area (Å²) in [7, 11) is 0. The number of nitrogens with zero attached hydrogens (tertiary/aromatic N) is 2. The lowest BCUT2D eigenvalue weighted by molar-refractivity contribution is -0.0890. The second-order valence-electron chi connectivity index (χ2n) is 5.07. The van der Waals surface area contributed by atoms with Crippen LogP contribution in [0.3, 0.4) is 0 Å². The third-order valence-corrected chi connectivity index (χ3v) is 3.46. The lowest BCUT2D eigenvalue weighted by Crippen LogP contribution is -2.11. The second-order valence-corrected chi connectivity index (χ2v) is 5.07. The summed E-state index contributed by atoms with van der Waals surface area (Å²) in [5.74, 6) is 0.818. The Balaban J connectivity index is 2.35. The van der Waals surface area contributed by atoms with Crippen molar-refractivity contribution in [3.63, 3.8) is 0 Å². The van der Waals surface area contributed by atoms with Gasteiger partial charge in [0.25, 0.3) is 0 Å². The fourth-order valence-electron chi connectivity index (χ4n) is 2.01. The largest absolute Gasteiger partial charge is 0.441 e. The second kappa shape index (κ2) is 6.81. The van der Waals surface area contributed by atoms with Crippen molar-refractivity contribution < 1.29 is 17.6 Å². The maximum atomic E-state index is 13.1. The quantitative estimate of drug-likeness (QED) is 0.713. The first-order valence-corrected chi connectivity index (χ1v) is 7.15. The molecule has 0 aliphatic carbocycles. The molecular weight excluding hydrogens is 305 g/mol. The summed E-state index contributed by atoms with van der Waals surface area (Å²) in [4.78, 5) is 8.15. The molecule has 23 heavy (non-hydrogen) atoms. The zero-order chi connectivity index (χ0) is 17.0. The van der Waals surface area contributed by atoms with Crippen LogP contribution in [0.15, 0.2) is 46.2 Å². The fourth-order valence-corrected chi connectivity index (χ4v) is 2.01. The summed E-state index contributed by atoms with van der Waals surface area (Å²) in [6.07, 6.45) is 1.53. The molecule has 0 spiro atoms. The molecule has 0 radical (unpaired) electrons. The number of hydrogen-bond donors (Lipinski definition) is 0. The Bertz CT molecular complexity index is 728. The van der Waals surface area contributed by atoms with E-state index < -0.39 is 11.7 Å². The topological polar surface area (TPSA) is 38.9 Å². The Morgan fingerprint density at radius 3 is 2.48 bits per heavy atom. The van der Waals surface area contributed by atoms with Crippen molar-refractivity contribution in [1.82, 2.24) is 9.97 Å². The van der Waals surface area contributed by atoms with Crippen LogP contribution >= 0.6 is 0 Å². The highest BCUT2D eigenvalue weighted by Crippen LogP contribution is 2.31. The molecule has 3 nitrogen and oxygen atoms in total. The number of rotatable bonds is 4. The van der Waals surface area contributed by atoms with Crippen molar-refractivity contribution in [2.45, 2.75) is 33.4 Å². The number of pyridine rings is 1. The van der Waals surface area contributed by atoms with E-state index in [0.29, 0.717) is 23.8 Å². The molecule has 2 rings (SSSR count). The van der Waals surface area contributed by atoms with Gasteiger partial charge < -0.3 is 4.42 Å². The highest BCUT2D eigenvalue weighted by Gasteiger charge is 2.33. The van der Waals surface area contributed by atoms with Crippen LogP contribution in [0.4, 0.5) is 13.2 Å². The first-order chi connectivity index (χ1) is 10.8. The van der Waals surface area contributed by atoms with Crippen molar-refractivity contribution in [2.24, 2.45) is 0 Å². The molecule has 6 heteroatoms. The molecular formula is C17H17F3N2O. The standard InChI is InChI=1S/C17H17F3N2O/c1-4-11(2)14(17(18,19)20)5-6-15-12(3)23-16(22-15)13-7-9-21-10-8-13/h5-10H,4H2,1-3H3/b6-5-,14-11?. The van der Waals surface area contributed by atoms with Crippen LogP contribution in [-0.4, -0.2) is 16.1 Å². The van der Waals surface area contributed by atoms with Crippen molar-refractivity contribution in [3.05, 3.63) is 53.2 Å². The average molecular weight is 322 g/mol. The van der Waals surface area contributed by atoms with E-state index in [-0.39, 0.29) is 5.57 Å². The van der Waals surface area contributed by atoms with Crippen LogP contribution in [0.1, 0.15) is 31.7 Å². The maximum absolute atomic E-state index is 13.1. The molecule has 2 aromatic rings. The summed E-state index contributed by atoms with van der Waals surface area (Å²) >= 11 is 0. The van der Waals surface area contributed by atoms with Gasteiger partial charge in [-0.25, -0.2) is 4.98 Å². The molecule has 0 atom stereocenters. The predicted molar refractivity (Wildman–Crippen MR) is 82.6 cm³/mol. The summed E-state index contributed by atoms with van der Waals surface area (Å²) in [6, 6.07) is 3.45. The third kappa shape index (κ3) is 4.09.